The Morgan fingerprint density at radius 2 is 1.96 bits per heavy atom. The molecular formula is C21H23NO2. The van der Waals surface area contributed by atoms with Gasteiger partial charge in [0.05, 0.1) is 7.11 Å². The first-order valence-electron chi connectivity index (χ1n) is 8.69. The molecule has 24 heavy (non-hydrogen) atoms. The number of aryl methyl sites for hydroxylation is 1. The molecule has 0 spiro atoms. The summed E-state index contributed by atoms with van der Waals surface area (Å²) in [6, 6.07) is 15.0. The van der Waals surface area contributed by atoms with Gasteiger partial charge in [0, 0.05) is 24.9 Å². The molecule has 1 heterocycles. The van der Waals surface area contributed by atoms with Crippen LogP contribution in [0, 0.1) is 6.92 Å². The molecule has 0 aromatic heterocycles. The molecule has 1 aliphatic heterocycles. The van der Waals surface area contributed by atoms with E-state index in [-0.39, 0.29) is 5.91 Å². The third-order valence-corrected chi connectivity index (χ3v) is 5.56. The molecule has 124 valence electrons. The van der Waals surface area contributed by atoms with Crippen molar-refractivity contribution < 1.29 is 9.53 Å². The minimum atomic E-state index is 0.279. The first kappa shape index (κ1) is 15.3. The van der Waals surface area contributed by atoms with E-state index in [1.54, 1.807) is 7.11 Å². The number of methoxy groups -OCH3 is 1. The molecule has 0 saturated carbocycles. The van der Waals surface area contributed by atoms with E-state index in [1.165, 1.54) is 22.3 Å². The van der Waals surface area contributed by atoms with E-state index >= 15 is 0 Å². The molecule has 2 atom stereocenters. The molecule has 3 nitrogen and oxygen atoms in total. The summed E-state index contributed by atoms with van der Waals surface area (Å²) in [5.74, 6) is 1.60. The minimum Gasteiger partial charge on any atom is -0.496 e. The van der Waals surface area contributed by atoms with Gasteiger partial charge >= 0.3 is 0 Å². The van der Waals surface area contributed by atoms with Gasteiger partial charge in [-0.2, -0.15) is 0 Å². The highest BCUT2D eigenvalue weighted by atomic mass is 16.5. The zero-order valence-corrected chi connectivity index (χ0v) is 14.3. The number of rotatable bonds is 3. The van der Waals surface area contributed by atoms with Crippen LogP contribution in [0.4, 0.5) is 0 Å². The fraction of sp³-hybridized carbons (Fsp3) is 0.381. The second-order valence-corrected chi connectivity index (χ2v) is 6.91. The summed E-state index contributed by atoms with van der Waals surface area (Å²) in [4.78, 5) is 14.8. The van der Waals surface area contributed by atoms with Gasteiger partial charge in [-0.3, -0.25) is 4.79 Å². The zero-order valence-electron chi connectivity index (χ0n) is 14.3. The van der Waals surface area contributed by atoms with Crippen molar-refractivity contribution in [2.75, 3.05) is 7.11 Å². The second kappa shape index (κ2) is 5.97. The number of likely N-dealkylation sites (tertiary alicyclic amines) is 1. The molecule has 1 fully saturated rings. The van der Waals surface area contributed by atoms with Crippen molar-refractivity contribution in [2.45, 2.75) is 44.7 Å². The highest BCUT2D eigenvalue weighted by Gasteiger charge is 2.43. The third-order valence-electron chi connectivity index (χ3n) is 5.56. The van der Waals surface area contributed by atoms with Gasteiger partial charge in [-0.1, -0.05) is 42.5 Å². The van der Waals surface area contributed by atoms with Crippen molar-refractivity contribution in [3.05, 3.63) is 64.7 Å². The number of nitrogens with zero attached hydrogens (tertiary/aromatic N) is 1. The lowest BCUT2D eigenvalue weighted by Gasteiger charge is -2.34. The molecule has 2 aliphatic rings. The van der Waals surface area contributed by atoms with Gasteiger partial charge in [0.15, 0.2) is 0 Å². The third kappa shape index (κ3) is 2.39. The molecular weight excluding hydrogens is 298 g/mol. The SMILES string of the molecule is COc1c(C)ccc2c1CC[C@H]1C2CC(=O)N1Cc1ccccc1. The fourth-order valence-corrected chi connectivity index (χ4v) is 4.45. The van der Waals surface area contributed by atoms with Crippen LogP contribution in [-0.4, -0.2) is 24.0 Å². The Labute approximate surface area is 143 Å². The van der Waals surface area contributed by atoms with Crippen LogP contribution < -0.4 is 4.74 Å². The highest BCUT2D eigenvalue weighted by molar-refractivity contribution is 5.81. The van der Waals surface area contributed by atoms with E-state index in [1.807, 2.05) is 18.2 Å². The molecule has 0 radical (unpaired) electrons. The van der Waals surface area contributed by atoms with Crippen LogP contribution in [-0.2, 0) is 17.8 Å². The standard InChI is InChI=1S/C21H23NO2/c1-14-8-9-16-17(21(14)24-2)10-11-19-18(16)12-20(23)22(19)13-15-6-4-3-5-7-15/h3-9,18-19H,10-13H2,1-2H3/t18?,19-/m0/s1. The summed E-state index contributed by atoms with van der Waals surface area (Å²) in [7, 11) is 1.75. The maximum Gasteiger partial charge on any atom is 0.223 e. The summed E-state index contributed by atoms with van der Waals surface area (Å²) in [5.41, 5.74) is 5.02. The zero-order chi connectivity index (χ0) is 16.7. The molecule has 1 unspecified atom stereocenters. The lowest BCUT2D eigenvalue weighted by Crippen LogP contribution is -2.36. The van der Waals surface area contributed by atoms with Gasteiger partial charge in [-0.15, -0.1) is 0 Å². The smallest absolute Gasteiger partial charge is 0.223 e. The predicted octanol–water partition coefficient (Wildman–Crippen LogP) is 3.83. The Bertz CT molecular complexity index is 769. The molecule has 1 aliphatic carbocycles. The number of carbonyl (C=O) groups excluding carboxylic acids is 1. The Kier molecular flexibility index (Phi) is 3.79. The topological polar surface area (TPSA) is 29.5 Å². The molecule has 1 saturated heterocycles. The van der Waals surface area contributed by atoms with E-state index in [0.717, 1.165) is 25.1 Å². The van der Waals surface area contributed by atoms with Crippen LogP contribution >= 0.6 is 0 Å². The summed E-state index contributed by atoms with van der Waals surface area (Å²) in [6.45, 7) is 2.81. The van der Waals surface area contributed by atoms with Crippen LogP contribution in [0.25, 0.3) is 0 Å². The number of hydrogen-bond acceptors (Lipinski definition) is 2. The van der Waals surface area contributed by atoms with E-state index in [0.29, 0.717) is 18.4 Å². The first-order chi connectivity index (χ1) is 11.7. The quantitative estimate of drug-likeness (QED) is 0.860. The van der Waals surface area contributed by atoms with Crippen molar-refractivity contribution in [2.24, 2.45) is 0 Å². The van der Waals surface area contributed by atoms with E-state index in [9.17, 15) is 4.79 Å². The molecule has 0 N–H and O–H groups in total. The Morgan fingerprint density at radius 3 is 2.71 bits per heavy atom. The molecule has 0 bridgehead atoms. The largest absolute Gasteiger partial charge is 0.496 e. The van der Waals surface area contributed by atoms with Crippen LogP contribution in [0.5, 0.6) is 5.75 Å². The highest BCUT2D eigenvalue weighted by Crippen LogP contribution is 2.45. The summed E-state index contributed by atoms with van der Waals surface area (Å²) in [5, 5.41) is 0. The van der Waals surface area contributed by atoms with Crippen molar-refractivity contribution >= 4 is 5.91 Å². The average Bonchev–Trinajstić information content (AvgIpc) is 2.91. The number of ether oxygens (including phenoxy) is 1. The van der Waals surface area contributed by atoms with Crippen molar-refractivity contribution in [1.82, 2.24) is 4.90 Å². The molecule has 3 heteroatoms. The predicted molar refractivity (Wildman–Crippen MR) is 94.2 cm³/mol. The van der Waals surface area contributed by atoms with Gasteiger partial charge < -0.3 is 9.64 Å². The minimum absolute atomic E-state index is 0.279. The molecule has 4 rings (SSSR count). The van der Waals surface area contributed by atoms with Crippen molar-refractivity contribution in [3.8, 4) is 5.75 Å². The van der Waals surface area contributed by atoms with Crippen LogP contribution in [0.2, 0.25) is 0 Å². The number of fused-ring (bicyclic) bond motifs is 3. The first-order valence-corrected chi connectivity index (χ1v) is 8.69. The second-order valence-electron chi connectivity index (χ2n) is 6.91. The summed E-state index contributed by atoms with van der Waals surface area (Å²) in [6.07, 6.45) is 2.63. The Morgan fingerprint density at radius 1 is 1.17 bits per heavy atom. The summed E-state index contributed by atoms with van der Waals surface area (Å²) >= 11 is 0. The van der Waals surface area contributed by atoms with E-state index < -0.39 is 0 Å². The molecule has 2 aromatic rings. The molecule has 2 aromatic carbocycles. The maximum atomic E-state index is 12.7. The van der Waals surface area contributed by atoms with Gasteiger partial charge in [-0.25, -0.2) is 0 Å². The monoisotopic (exact) mass is 321 g/mol. The normalized spacial score (nSPS) is 22.2. The van der Waals surface area contributed by atoms with Gasteiger partial charge in [0.2, 0.25) is 5.91 Å². The number of benzene rings is 2. The Balaban J connectivity index is 1.66. The van der Waals surface area contributed by atoms with Crippen molar-refractivity contribution in [1.29, 1.82) is 0 Å². The van der Waals surface area contributed by atoms with Gasteiger partial charge in [0.25, 0.3) is 0 Å². The van der Waals surface area contributed by atoms with Crippen LogP contribution in [0.3, 0.4) is 0 Å². The van der Waals surface area contributed by atoms with E-state index in [4.69, 9.17) is 4.74 Å². The molecule has 1 amide bonds. The lowest BCUT2D eigenvalue weighted by atomic mass is 9.78. The van der Waals surface area contributed by atoms with Crippen LogP contribution in [0.1, 0.15) is 41.0 Å². The summed E-state index contributed by atoms with van der Waals surface area (Å²) < 4.78 is 5.64. The van der Waals surface area contributed by atoms with Crippen LogP contribution in [0.15, 0.2) is 42.5 Å². The average molecular weight is 321 g/mol. The Hall–Kier alpha value is -2.29. The fourth-order valence-electron chi connectivity index (χ4n) is 4.45. The van der Waals surface area contributed by atoms with Gasteiger partial charge in [0.1, 0.15) is 5.75 Å². The number of carbonyl (C=O) groups is 1. The van der Waals surface area contributed by atoms with Crippen molar-refractivity contribution in [3.63, 3.8) is 0 Å². The van der Waals surface area contributed by atoms with Gasteiger partial charge in [-0.05, 0) is 42.0 Å². The number of amides is 1. The number of hydrogen-bond donors (Lipinski definition) is 0. The van der Waals surface area contributed by atoms with E-state index in [2.05, 4.69) is 36.1 Å². The maximum absolute atomic E-state index is 12.7. The lowest BCUT2D eigenvalue weighted by molar-refractivity contribution is -0.129.